The van der Waals surface area contributed by atoms with E-state index in [2.05, 4.69) is 17.5 Å². The molecule has 0 bridgehead atoms. The lowest BCUT2D eigenvalue weighted by molar-refractivity contribution is -0.137. The summed E-state index contributed by atoms with van der Waals surface area (Å²) in [5.74, 6) is 0.994. The minimum absolute atomic E-state index is 0.0275. The molecule has 1 aliphatic rings. The van der Waals surface area contributed by atoms with Crippen molar-refractivity contribution in [2.45, 2.75) is 31.8 Å². The van der Waals surface area contributed by atoms with Crippen LogP contribution in [0.5, 0.6) is 5.75 Å². The molecule has 3 rings (SSSR count). The highest BCUT2D eigenvalue weighted by Gasteiger charge is 2.31. The maximum atomic E-state index is 13.4. The summed E-state index contributed by atoms with van der Waals surface area (Å²) < 4.78 is 24.3. The average Bonchev–Trinajstić information content (AvgIpc) is 2.83. The van der Waals surface area contributed by atoms with E-state index in [0.29, 0.717) is 18.9 Å². The Balaban J connectivity index is 1.66. The fourth-order valence-corrected chi connectivity index (χ4v) is 4.55. The topological polar surface area (TPSA) is 42.0 Å². The van der Waals surface area contributed by atoms with E-state index in [-0.39, 0.29) is 24.4 Å². The Morgan fingerprint density at radius 1 is 1.21 bits per heavy atom. The molecule has 1 amide bonds. The van der Waals surface area contributed by atoms with Gasteiger partial charge in [-0.2, -0.15) is 0 Å². The van der Waals surface area contributed by atoms with Gasteiger partial charge >= 0.3 is 0 Å². The Morgan fingerprint density at radius 2 is 1.91 bits per heavy atom. The van der Waals surface area contributed by atoms with E-state index in [1.165, 1.54) is 24.8 Å². The Morgan fingerprint density at radius 3 is 2.58 bits per heavy atom. The molecule has 0 aliphatic carbocycles. The summed E-state index contributed by atoms with van der Waals surface area (Å²) in [7, 11) is 3.39. The van der Waals surface area contributed by atoms with Gasteiger partial charge in [0.25, 0.3) is 0 Å². The summed E-state index contributed by atoms with van der Waals surface area (Å²) in [5.41, 5.74) is 2.21. The normalized spacial score (nSPS) is 15.7. The van der Waals surface area contributed by atoms with E-state index < -0.39 is 0 Å². The van der Waals surface area contributed by atoms with Crippen molar-refractivity contribution in [3.63, 3.8) is 0 Å². The molecule has 1 aliphatic heterocycles. The van der Waals surface area contributed by atoms with E-state index in [1.807, 2.05) is 42.3 Å². The first-order valence-corrected chi connectivity index (χ1v) is 11.5. The number of methoxy groups -OCH3 is 1. The number of benzene rings is 2. The van der Waals surface area contributed by atoms with Crippen molar-refractivity contribution in [1.82, 2.24) is 9.80 Å². The van der Waals surface area contributed by atoms with Gasteiger partial charge in [-0.1, -0.05) is 43.0 Å². The van der Waals surface area contributed by atoms with Crippen molar-refractivity contribution in [2.24, 2.45) is 5.92 Å². The molecule has 0 N–H and O–H groups in total. The molecule has 1 atom stereocenters. The number of piperidine rings is 1. The fraction of sp³-hybridized carbons (Fsp3) is 0.444. The van der Waals surface area contributed by atoms with Gasteiger partial charge in [-0.3, -0.25) is 9.69 Å². The molecule has 2 aromatic carbocycles. The second kappa shape index (κ2) is 12.5. The van der Waals surface area contributed by atoms with Gasteiger partial charge in [-0.05, 0) is 62.0 Å². The SMILES string of the molecule is C=CCOc1ccccc1CN1CCC(C(Cc2ccc(F)cc2)N(C)C(=O)COC)CC1. The number of hydrogen-bond donors (Lipinski definition) is 0. The molecule has 1 saturated heterocycles. The molecule has 33 heavy (non-hydrogen) atoms. The highest BCUT2D eigenvalue weighted by molar-refractivity contribution is 5.77. The number of likely N-dealkylation sites (tertiary alicyclic amines) is 1. The van der Waals surface area contributed by atoms with Crippen molar-refractivity contribution in [1.29, 1.82) is 0 Å². The number of rotatable bonds is 11. The zero-order valence-corrected chi connectivity index (χ0v) is 19.7. The van der Waals surface area contributed by atoms with Crippen molar-refractivity contribution >= 4 is 5.91 Å². The molecule has 2 aromatic rings. The smallest absolute Gasteiger partial charge is 0.248 e. The van der Waals surface area contributed by atoms with Crippen LogP contribution in [0.1, 0.15) is 24.0 Å². The van der Waals surface area contributed by atoms with Gasteiger partial charge < -0.3 is 14.4 Å². The number of carbonyl (C=O) groups excluding carboxylic acids is 1. The van der Waals surface area contributed by atoms with Crippen molar-refractivity contribution in [2.75, 3.05) is 40.5 Å². The average molecular weight is 455 g/mol. The molecular formula is C27H35FN2O3. The third kappa shape index (κ3) is 7.14. The standard InChI is InChI=1S/C27H35FN2O3/c1-4-17-33-26-8-6-5-7-23(26)19-30-15-13-22(14-16-30)25(29(2)27(31)20-32-3)18-21-9-11-24(28)12-10-21/h4-12,22,25H,1,13-20H2,2-3H3. The van der Waals surface area contributed by atoms with E-state index >= 15 is 0 Å². The zero-order valence-electron chi connectivity index (χ0n) is 19.7. The van der Waals surface area contributed by atoms with Gasteiger partial charge in [0, 0.05) is 32.3 Å². The van der Waals surface area contributed by atoms with Crippen molar-refractivity contribution in [3.05, 3.63) is 78.1 Å². The minimum atomic E-state index is -0.246. The molecule has 178 valence electrons. The van der Waals surface area contributed by atoms with Gasteiger partial charge in [-0.15, -0.1) is 0 Å². The number of para-hydroxylation sites is 1. The Labute approximate surface area is 196 Å². The Kier molecular flexibility index (Phi) is 9.46. The van der Waals surface area contributed by atoms with E-state index in [0.717, 1.165) is 43.8 Å². The molecule has 5 nitrogen and oxygen atoms in total. The first-order chi connectivity index (χ1) is 16.0. The Hall–Kier alpha value is -2.70. The van der Waals surface area contributed by atoms with Crippen molar-refractivity contribution < 1.29 is 18.7 Å². The predicted molar refractivity (Wildman–Crippen MR) is 129 cm³/mol. The second-order valence-corrected chi connectivity index (χ2v) is 8.66. The molecule has 6 heteroatoms. The van der Waals surface area contributed by atoms with Gasteiger partial charge in [0.15, 0.2) is 0 Å². The van der Waals surface area contributed by atoms with E-state index in [4.69, 9.17) is 9.47 Å². The lowest BCUT2D eigenvalue weighted by atomic mass is 9.84. The summed E-state index contributed by atoms with van der Waals surface area (Å²) in [6.45, 7) is 7.02. The number of likely N-dealkylation sites (N-methyl/N-ethyl adjacent to an activating group) is 1. The van der Waals surface area contributed by atoms with Crippen LogP contribution in [0.3, 0.4) is 0 Å². The van der Waals surface area contributed by atoms with E-state index in [9.17, 15) is 9.18 Å². The molecule has 1 heterocycles. The van der Waals surface area contributed by atoms with Crippen LogP contribution in [0.2, 0.25) is 0 Å². The lowest BCUT2D eigenvalue weighted by Crippen LogP contribution is -2.48. The maximum Gasteiger partial charge on any atom is 0.248 e. The number of hydrogen-bond acceptors (Lipinski definition) is 4. The summed E-state index contributed by atoms with van der Waals surface area (Å²) in [6, 6.07) is 14.8. The predicted octanol–water partition coefficient (Wildman–Crippen LogP) is 4.32. The second-order valence-electron chi connectivity index (χ2n) is 8.66. The van der Waals surface area contributed by atoms with Crippen molar-refractivity contribution in [3.8, 4) is 5.75 Å². The van der Waals surface area contributed by atoms with Gasteiger partial charge in [0.1, 0.15) is 24.8 Å². The molecule has 0 saturated carbocycles. The summed E-state index contributed by atoms with van der Waals surface area (Å²) >= 11 is 0. The minimum Gasteiger partial charge on any atom is -0.489 e. The third-order valence-electron chi connectivity index (χ3n) is 6.42. The zero-order chi connectivity index (χ0) is 23.6. The monoisotopic (exact) mass is 454 g/mol. The van der Waals surface area contributed by atoms with Gasteiger partial charge in [-0.25, -0.2) is 4.39 Å². The largest absolute Gasteiger partial charge is 0.489 e. The lowest BCUT2D eigenvalue weighted by Gasteiger charge is -2.40. The number of nitrogens with zero attached hydrogens (tertiary/aromatic N) is 2. The van der Waals surface area contributed by atoms with Crippen LogP contribution in [0.25, 0.3) is 0 Å². The van der Waals surface area contributed by atoms with Gasteiger partial charge in [0.2, 0.25) is 5.91 Å². The highest BCUT2D eigenvalue weighted by atomic mass is 19.1. The molecule has 1 fully saturated rings. The Bertz CT molecular complexity index is 894. The van der Waals surface area contributed by atoms with Crippen LogP contribution in [-0.2, 0) is 22.5 Å². The quantitative estimate of drug-likeness (QED) is 0.475. The van der Waals surface area contributed by atoms with Crippen LogP contribution in [0, 0.1) is 11.7 Å². The van der Waals surface area contributed by atoms with Crippen LogP contribution in [0.15, 0.2) is 61.2 Å². The van der Waals surface area contributed by atoms with Crippen LogP contribution in [-0.4, -0.2) is 62.2 Å². The third-order valence-corrected chi connectivity index (χ3v) is 6.42. The summed E-state index contributed by atoms with van der Waals surface area (Å²) in [6.07, 6.45) is 4.44. The van der Waals surface area contributed by atoms with Crippen LogP contribution in [0.4, 0.5) is 4.39 Å². The number of carbonyl (C=O) groups is 1. The fourth-order valence-electron chi connectivity index (χ4n) is 4.55. The first kappa shape index (κ1) is 24.9. The molecule has 0 spiro atoms. The molecular weight excluding hydrogens is 419 g/mol. The van der Waals surface area contributed by atoms with Crippen LogP contribution < -0.4 is 4.74 Å². The van der Waals surface area contributed by atoms with Gasteiger partial charge in [0.05, 0.1) is 0 Å². The molecule has 0 aromatic heterocycles. The van der Waals surface area contributed by atoms with E-state index in [1.54, 1.807) is 6.08 Å². The summed E-state index contributed by atoms with van der Waals surface area (Å²) in [4.78, 5) is 16.9. The highest BCUT2D eigenvalue weighted by Crippen LogP contribution is 2.29. The number of amides is 1. The first-order valence-electron chi connectivity index (χ1n) is 11.5. The number of halogens is 1. The maximum absolute atomic E-state index is 13.4. The van der Waals surface area contributed by atoms with Crippen LogP contribution >= 0.6 is 0 Å². The number of ether oxygens (including phenoxy) is 2. The molecule has 0 radical (unpaired) electrons. The summed E-state index contributed by atoms with van der Waals surface area (Å²) in [5, 5.41) is 0. The molecule has 1 unspecified atom stereocenters.